The lowest BCUT2D eigenvalue weighted by molar-refractivity contribution is 0.0942. The van der Waals surface area contributed by atoms with Crippen LogP contribution in [0.3, 0.4) is 0 Å². The zero-order valence-corrected chi connectivity index (χ0v) is 17.1. The van der Waals surface area contributed by atoms with Gasteiger partial charge < -0.3 is 4.74 Å². The van der Waals surface area contributed by atoms with E-state index in [0.717, 1.165) is 35.5 Å². The summed E-state index contributed by atoms with van der Waals surface area (Å²) in [6.45, 7) is 8.95. The van der Waals surface area contributed by atoms with Gasteiger partial charge in [-0.05, 0) is 56.0 Å². The van der Waals surface area contributed by atoms with Crippen molar-refractivity contribution in [2.45, 2.75) is 40.5 Å². The molecule has 1 heterocycles. The quantitative estimate of drug-likeness (QED) is 0.569. The Balaban J connectivity index is 1.74. The van der Waals surface area contributed by atoms with Crippen LogP contribution in [0, 0.1) is 19.8 Å². The highest BCUT2D eigenvalue weighted by molar-refractivity contribution is 5.96. The number of benzene rings is 2. The molecule has 0 N–H and O–H groups in total. The summed E-state index contributed by atoms with van der Waals surface area (Å²) in [6.07, 6.45) is 1.78. The van der Waals surface area contributed by atoms with Crippen LogP contribution in [0.1, 0.15) is 53.1 Å². The topological polar surface area (TPSA) is 44.1 Å². The van der Waals surface area contributed by atoms with Gasteiger partial charge in [-0.25, -0.2) is 4.68 Å². The van der Waals surface area contributed by atoms with Crippen LogP contribution in [-0.2, 0) is 6.42 Å². The fourth-order valence-electron chi connectivity index (χ4n) is 3.16. The molecule has 146 valence electrons. The molecule has 0 aliphatic rings. The van der Waals surface area contributed by atoms with E-state index in [0.29, 0.717) is 18.1 Å². The third-order valence-corrected chi connectivity index (χ3v) is 4.92. The molecule has 0 radical (unpaired) electrons. The van der Waals surface area contributed by atoms with E-state index >= 15 is 0 Å². The smallest absolute Gasteiger partial charge is 0.278 e. The Hall–Kier alpha value is -2.88. The molecule has 2 aromatic carbocycles. The van der Waals surface area contributed by atoms with Crippen LogP contribution in [0.2, 0.25) is 0 Å². The van der Waals surface area contributed by atoms with Crippen LogP contribution in [0.25, 0.3) is 0 Å². The first kappa shape index (κ1) is 19.9. The highest BCUT2D eigenvalue weighted by Gasteiger charge is 2.18. The molecule has 0 aliphatic carbocycles. The molecule has 0 fully saturated rings. The lowest BCUT2D eigenvalue weighted by atomic mass is 10.0. The number of hydrogen-bond acceptors (Lipinski definition) is 3. The minimum absolute atomic E-state index is 0.117. The van der Waals surface area contributed by atoms with Gasteiger partial charge in [0.05, 0.1) is 12.3 Å². The number of aromatic nitrogens is 2. The van der Waals surface area contributed by atoms with Gasteiger partial charge in [-0.2, -0.15) is 5.10 Å². The molecule has 0 bridgehead atoms. The first-order valence-electron chi connectivity index (χ1n) is 9.82. The molecule has 1 aromatic heterocycles. The summed E-state index contributed by atoms with van der Waals surface area (Å²) in [4.78, 5) is 13.0. The molecule has 0 saturated carbocycles. The van der Waals surface area contributed by atoms with Gasteiger partial charge in [0, 0.05) is 23.2 Å². The van der Waals surface area contributed by atoms with Gasteiger partial charge in [0.2, 0.25) is 0 Å². The minimum Gasteiger partial charge on any atom is -0.494 e. The summed E-state index contributed by atoms with van der Waals surface area (Å²) in [5.74, 6) is 1.28. The third kappa shape index (κ3) is 4.69. The first-order valence-corrected chi connectivity index (χ1v) is 9.82. The Morgan fingerprint density at radius 3 is 2.36 bits per heavy atom. The molecule has 4 heteroatoms. The molecule has 3 rings (SSSR count). The van der Waals surface area contributed by atoms with Crippen molar-refractivity contribution < 1.29 is 9.53 Å². The van der Waals surface area contributed by atoms with E-state index in [1.165, 1.54) is 10.2 Å². The summed E-state index contributed by atoms with van der Waals surface area (Å²) in [6, 6.07) is 17.6. The maximum absolute atomic E-state index is 13.0. The number of nitrogens with zero attached hydrogens (tertiary/aromatic N) is 2. The number of ether oxygens (including phenoxy) is 1. The molecule has 0 aliphatic heterocycles. The van der Waals surface area contributed by atoms with Gasteiger partial charge in [0.25, 0.3) is 5.91 Å². The number of carbonyl (C=O) groups is 1. The van der Waals surface area contributed by atoms with Crippen molar-refractivity contribution in [3.05, 3.63) is 82.7 Å². The average Bonchev–Trinajstić information content (AvgIpc) is 2.97. The van der Waals surface area contributed by atoms with E-state index in [-0.39, 0.29) is 5.91 Å². The lowest BCUT2D eigenvalue weighted by Gasteiger charge is -2.09. The van der Waals surface area contributed by atoms with Crippen LogP contribution in [-0.4, -0.2) is 22.3 Å². The monoisotopic (exact) mass is 376 g/mol. The molecule has 4 nitrogen and oxygen atoms in total. The Labute approximate surface area is 167 Å². The summed E-state index contributed by atoms with van der Waals surface area (Å²) in [5, 5.41) is 4.51. The van der Waals surface area contributed by atoms with Crippen molar-refractivity contribution in [2.75, 3.05) is 6.61 Å². The standard InChI is InChI=1S/C24H28N2O2/c1-17(2)14-15-28-22-12-10-21(11-13-22)24(27)26-19(4)23(18(3)25-26)16-20-8-6-5-7-9-20/h5-13,17H,14-16H2,1-4H3. The molecule has 0 spiro atoms. The van der Waals surface area contributed by atoms with Gasteiger partial charge in [-0.3, -0.25) is 4.79 Å². The maximum atomic E-state index is 13.0. The van der Waals surface area contributed by atoms with Gasteiger partial charge in [0.1, 0.15) is 5.75 Å². The molecule has 0 amide bonds. The number of rotatable bonds is 7. The molecule has 0 unspecified atom stereocenters. The van der Waals surface area contributed by atoms with Crippen molar-refractivity contribution in [1.82, 2.24) is 9.78 Å². The van der Waals surface area contributed by atoms with Crippen LogP contribution >= 0.6 is 0 Å². The molecular weight excluding hydrogens is 348 g/mol. The second-order valence-corrected chi connectivity index (χ2v) is 7.58. The molecule has 3 aromatic rings. The largest absolute Gasteiger partial charge is 0.494 e. The summed E-state index contributed by atoms with van der Waals surface area (Å²) in [5.41, 5.74) is 4.71. The predicted molar refractivity (Wildman–Crippen MR) is 112 cm³/mol. The van der Waals surface area contributed by atoms with Crippen molar-refractivity contribution in [2.24, 2.45) is 5.92 Å². The van der Waals surface area contributed by atoms with E-state index < -0.39 is 0 Å². The predicted octanol–water partition coefficient (Wildman–Crippen LogP) is 5.20. The van der Waals surface area contributed by atoms with Crippen molar-refractivity contribution >= 4 is 5.91 Å². The van der Waals surface area contributed by atoms with Crippen LogP contribution < -0.4 is 4.74 Å². The SMILES string of the molecule is Cc1nn(C(=O)c2ccc(OCCC(C)C)cc2)c(C)c1Cc1ccccc1. The van der Waals surface area contributed by atoms with Crippen molar-refractivity contribution in [3.8, 4) is 5.75 Å². The molecule has 28 heavy (non-hydrogen) atoms. The average molecular weight is 377 g/mol. The van der Waals surface area contributed by atoms with Gasteiger partial charge >= 0.3 is 0 Å². The van der Waals surface area contributed by atoms with Gasteiger partial charge in [-0.15, -0.1) is 0 Å². The second-order valence-electron chi connectivity index (χ2n) is 7.58. The number of hydrogen-bond donors (Lipinski definition) is 0. The first-order chi connectivity index (χ1) is 13.5. The zero-order chi connectivity index (χ0) is 20.1. The summed E-state index contributed by atoms with van der Waals surface area (Å²) < 4.78 is 7.25. The minimum atomic E-state index is -0.117. The fraction of sp³-hybridized carbons (Fsp3) is 0.333. The molecule has 0 saturated heterocycles. The van der Waals surface area contributed by atoms with Gasteiger partial charge in [0.15, 0.2) is 0 Å². The fourth-order valence-corrected chi connectivity index (χ4v) is 3.16. The third-order valence-electron chi connectivity index (χ3n) is 4.92. The Morgan fingerprint density at radius 1 is 1.04 bits per heavy atom. The van der Waals surface area contributed by atoms with Crippen molar-refractivity contribution in [3.63, 3.8) is 0 Å². The van der Waals surface area contributed by atoms with E-state index in [1.807, 2.05) is 44.2 Å². The summed E-state index contributed by atoms with van der Waals surface area (Å²) >= 11 is 0. The summed E-state index contributed by atoms with van der Waals surface area (Å²) in [7, 11) is 0. The highest BCUT2D eigenvalue weighted by Crippen LogP contribution is 2.20. The number of carbonyl (C=O) groups excluding carboxylic acids is 1. The van der Waals surface area contributed by atoms with Crippen LogP contribution in [0.4, 0.5) is 0 Å². The molecular formula is C24H28N2O2. The molecule has 0 atom stereocenters. The van der Waals surface area contributed by atoms with Crippen LogP contribution in [0.5, 0.6) is 5.75 Å². The van der Waals surface area contributed by atoms with E-state index in [2.05, 4.69) is 31.1 Å². The van der Waals surface area contributed by atoms with E-state index in [9.17, 15) is 4.79 Å². The van der Waals surface area contributed by atoms with Crippen LogP contribution in [0.15, 0.2) is 54.6 Å². The van der Waals surface area contributed by atoms with E-state index in [1.54, 1.807) is 12.1 Å². The Bertz CT molecular complexity index is 925. The van der Waals surface area contributed by atoms with Gasteiger partial charge in [-0.1, -0.05) is 44.2 Å². The Kier molecular flexibility index (Phi) is 6.30. The highest BCUT2D eigenvalue weighted by atomic mass is 16.5. The van der Waals surface area contributed by atoms with Crippen molar-refractivity contribution in [1.29, 1.82) is 0 Å². The lowest BCUT2D eigenvalue weighted by Crippen LogP contribution is -2.15. The number of aryl methyl sites for hydroxylation is 1. The Morgan fingerprint density at radius 2 is 1.71 bits per heavy atom. The zero-order valence-electron chi connectivity index (χ0n) is 17.1. The normalized spacial score (nSPS) is 11.0. The second kappa shape index (κ2) is 8.87. The van der Waals surface area contributed by atoms with E-state index in [4.69, 9.17) is 4.74 Å². The maximum Gasteiger partial charge on any atom is 0.278 e.